The average Bonchev–Trinajstić information content (AvgIpc) is 2.94. The highest BCUT2D eigenvalue weighted by molar-refractivity contribution is 5.78. The number of hydrogen-bond acceptors (Lipinski definition) is 4. The highest BCUT2D eigenvalue weighted by Crippen LogP contribution is 2.31. The Kier molecular flexibility index (Phi) is 4.24. The summed E-state index contributed by atoms with van der Waals surface area (Å²) >= 11 is 0. The van der Waals surface area contributed by atoms with Crippen LogP contribution in [0.2, 0.25) is 0 Å². The lowest BCUT2D eigenvalue weighted by atomic mass is 10.2. The third kappa shape index (κ3) is 3.55. The molecule has 0 aliphatic rings. The van der Waals surface area contributed by atoms with Gasteiger partial charge < -0.3 is 15.6 Å². The van der Waals surface area contributed by atoms with Crippen molar-refractivity contribution in [1.29, 1.82) is 0 Å². The van der Waals surface area contributed by atoms with Crippen LogP contribution < -0.4 is 10.6 Å². The lowest BCUT2D eigenvalue weighted by Crippen LogP contribution is -2.15. The van der Waals surface area contributed by atoms with Gasteiger partial charge in [-0.05, 0) is 30.3 Å². The molecule has 24 heavy (non-hydrogen) atoms. The van der Waals surface area contributed by atoms with Crippen molar-refractivity contribution in [2.75, 3.05) is 23.7 Å². The number of halogens is 4. The lowest BCUT2D eigenvalue weighted by molar-refractivity contribution is -0.137. The molecule has 126 valence electrons. The Hall–Kier alpha value is -2.84. The van der Waals surface area contributed by atoms with E-state index in [1.807, 2.05) is 0 Å². The van der Waals surface area contributed by atoms with Crippen molar-refractivity contribution in [2.45, 2.75) is 6.18 Å². The predicted octanol–water partition coefficient (Wildman–Crippen LogP) is 3.64. The van der Waals surface area contributed by atoms with Crippen molar-refractivity contribution >= 4 is 22.8 Å². The number of alkyl halides is 3. The number of nitrogens with one attached hydrogen (secondary N) is 3. The molecule has 0 radical (unpaired) electrons. The van der Waals surface area contributed by atoms with Crippen LogP contribution in [0.5, 0.6) is 0 Å². The molecule has 2 heterocycles. The van der Waals surface area contributed by atoms with Crippen LogP contribution in [0, 0.1) is 5.82 Å². The van der Waals surface area contributed by atoms with E-state index in [1.165, 1.54) is 24.4 Å². The summed E-state index contributed by atoms with van der Waals surface area (Å²) in [5.74, 6) is 0.0206. The van der Waals surface area contributed by atoms with E-state index >= 15 is 0 Å². The van der Waals surface area contributed by atoms with Gasteiger partial charge in [-0.3, -0.25) is 0 Å². The van der Waals surface area contributed by atoms with Crippen molar-refractivity contribution in [1.82, 2.24) is 15.0 Å². The van der Waals surface area contributed by atoms with E-state index in [2.05, 4.69) is 25.6 Å². The van der Waals surface area contributed by atoms with E-state index in [0.717, 1.165) is 12.1 Å². The van der Waals surface area contributed by atoms with Crippen molar-refractivity contribution < 1.29 is 17.6 Å². The second-order valence-corrected chi connectivity index (χ2v) is 5.00. The van der Waals surface area contributed by atoms with Crippen LogP contribution in [0.3, 0.4) is 0 Å². The molecular formula is C15H13F4N5. The van der Waals surface area contributed by atoms with Crippen LogP contribution in [0.4, 0.5) is 29.3 Å². The molecule has 0 aliphatic carbocycles. The van der Waals surface area contributed by atoms with Gasteiger partial charge in [-0.1, -0.05) is 0 Å². The monoisotopic (exact) mass is 339 g/mol. The zero-order valence-electron chi connectivity index (χ0n) is 12.3. The van der Waals surface area contributed by atoms with Crippen LogP contribution in [-0.2, 0) is 6.18 Å². The van der Waals surface area contributed by atoms with E-state index in [-0.39, 0.29) is 11.3 Å². The molecule has 0 fully saturated rings. The molecule has 0 amide bonds. The molecule has 3 aromatic rings. The van der Waals surface area contributed by atoms with E-state index in [9.17, 15) is 17.6 Å². The molecule has 0 aliphatic heterocycles. The van der Waals surface area contributed by atoms with Gasteiger partial charge in [0.25, 0.3) is 0 Å². The molecule has 0 saturated heterocycles. The number of H-pyrrole nitrogens is 1. The van der Waals surface area contributed by atoms with Gasteiger partial charge in [0.2, 0.25) is 5.95 Å². The van der Waals surface area contributed by atoms with Gasteiger partial charge in [-0.2, -0.15) is 13.2 Å². The fourth-order valence-corrected chi connectivity index (χ4v) is 2.15. The van der Waals surface area contributed by atoms with Crippen molar-refractivity contribution in [2.24, 2.45) is 0 Å². The largest absolute Gasteiger partial charge is 0.416 e. The number of fused-ring (bicyclic) bond motifs is 1. The van der Waals surface area contributed by atoms with E-state index < -0.39 is 17.6 Å². The Morgan fingerprint density at radius 3 is 2.62 bits per heavy atom. The molecule has 1 aromatic carbocycles. The van der Waals surface area contributed by atoms with E-state index in [1.54, 1.807) is 0 Å². The fourth-order valence-electron chi connectivity index (χ4n) is 2.15. The zero-order chi connectivity index (χ0) is 17.2. The first-order chi connectivity index (χ1) is 11.4. The standard InChI is InChI=1S/C15H13F4N5/c16-10-2-1-5-20-13(10)21-6-7-22-14-23-11-4-3-9(15(17,18)19)8-12(11)24-14/h1-5,8H,6-7H2,(H,20,21)(H2,22,23,24). The normalized spacial score (nSPS) is 11.7. The number of nitrogens with zero attached hydrogens (tertiary/aromatic N) is 2. The third-order valence-electron chi connectivity index (χ3n) is 3.28. The van der Waals surface area contributed by atoms with Crippen molar-refractivity contribution in [3.05, 3.63) is 47.9 Å². The van der Waals surface area contributed by atoms with E-state index in [0.29, 0.717) is 24.6 Å². The average molecular weight is 339 g/mol. The fraction of sp³-hybridized carbons (Fsp3) is 0.200. The van der Waals surface area contributed by atoms with Gasteiger partial charge in [0.15, 0.2) is 11.6 Å². The summed E-state index contributed by atoms with van der Waals surface area (Å²) in [7, 11) is 0. The summed E-state index contributed by atoms with van der Waals surface area (Å²) in [5, 5.41) is 5.73. The summed E-state index contributed by atoms with van der Waals surface area (Å²) in [5.41, 5.74) is -0.0252. The van der Waals surface area contributed by atoms with Crippen LogP contribution >= 0.6 is 0 Å². The molecule has 3 rings (SSSR count). The van der Waals surface area contributed by atoms with Gasteiger partial charge in [0.05, 0.1) is 16.6 Å². The highest BCUT2D eigenvalue weighted by atomic mass is 19.4. The molecular weight excluding hydrogens is 326 g/mol. The second kappa shape index (κ2) is 6.34. The molecule has 2 aromatic heterocycles. The number of anilines is 2. The van der Waals surface area contributed by atoms with Gasteiger partial charge in [0.1, 0.15) is 0 Å². The van der Waals surface area contributed by atoms with Gasteiger partial charge in [0, 0.05) is 19.3 Å². The zero-order valence-corrected chi connectivity index (χ0v) is 12.3. The minimum Gasteiger partial charge on any atom is -0.366 e. The predicted molar refractivity (Wildman–Crippen MR) is 82.3 cm³/mol. The molecule has 9 heteroatoms. The number of rotatable bonds is 5. The van der Waals surface area contributed by atoms with E-state index in [4.69, 9.17) is 0 Å². The maximum atomic E-state index is 13.4. The van der Waals surface area contributed by atoms with Crippen molar-refractivity contribution in [3.8, 4) is 0 Å². The molecule has 0 saturated carbocycles. The molecule has 0 spiro atoms. The Morgan fingerprint density at radius 2 is 1.88 bits per heavy atom. The topological polar surface area (TPSA) is 65.6 Å². The second-order valence-electron chi connectivity index (χ2n) is 5.00. The van der Waals surface area contributed by atoms with Gasteiger partial charge in [-0.25, -0.2) is 14.4 Å². The number of aromatic nitrogens is 3. The molecule has 0 unspecified atom stereocenters. The molecule has 0 bridgehead atoms. The summed E-state index contributed by atoms with van der Waals surface area (Å²) in [6.45, 7) is 0.737. The summed E-state index contributed by atoms with van der Waals surface area (Å²) < 4.78 is 51.4. The maximum absolute atomic E-state index is 13.4. The number of benzene rings is 1. The van der Waals surface area contributed by atoms with Crippen LogP contribution in [0.25, 0.3) is 11.0 Å². The quantitative estimate of drug-likeness (QED) is 0.490. The smallest absolute Gasteiger partial charge is 0.366 e. The molecule has 3 N–H and O–H groups in total. The minimum atomic E-state index is -4.40. The Balaban J connectivity index is 1.60. The number of aromatic amines is 1. The maximum Gasteiger partial charge on any atom is 0.416 e. The highest BCUT2D eigenvalue weighted by Gasteiger charge is 2.30. The Bertz CT molecular complexity index is 843. The number of hydrogen-bond donors (Lipinski definition) is 3. The van der Waals surface area contributed by atoms with Gasteiger partial charge >= 0.3 is 6.18 Å². The molecule has 5 nitrogen and oxygen atoms in total. The van der Waals surface area contributed by atoms with Crippen LogP contribution in [-0.4, -0.2) is 28.0 Å². The SMILES string of the molecule is Fc1cccnc1NCCNc1nc2ccc(C(F)(F)F)cc2[nH]1. The first-order valence-electron chi connectivity index (χ1n) is 7.09. The number of imidazole rings is 1. The van der Waals surface area contributed by atoms with Crippen molar-refractivity contribution in [3.63, 3.8) is 0 Å². The first-order valence-corrected chi connectivity index (χ1v) is 7.09. The summed E-state index contributed by atoms with van der Waals surface area (Å²) in [6, 6.07) is 6.08. The summed E-state index contributed by atoms with van der Waals surface area (Å²) in [6.07, 6.45) is -2.93. The number of pyridine rings is 1. The third-order valence-corrected chi connectivity index (χ3v) is 3.28. The van der Waals surface area contributed by atoms with Gasteiger partial charge in [-0.15, -0.1) is 0 Å². The van der Waals surface area contributed by atoms with Crippen LogP contribution in [0.1, 0.15) is 5.56 Å². The summed E-state index contributed by atoms with van der Waals surface area (Å²) in [4.78, 5) is 10.8. The molecule has 0 atom stereocenters. The Labute approximate surface area is 134 Å². The first kappa shape index (κ1) is 16.0. The van der Waals surface area contributed by atoms with Crippen LogP contribution in [0.15, 0.2) is 36.5 Å². The Morgan fingerprint density at radius 1 is 1.08 bits per heavy atom. The lowest BCUT2D eigenvalue weighted by Gasteiger charge is -2.06. The minimum absolute atomic E-state index is 0.138.